The molecule has 0 spiro atoms. The van der Waals surface area contributed by atoms with Crippen LogP contribution in [0.5, 0.6) is 0 Å². The second-order valence-electron chi connectivity index (χ2n) is 3.17. The van der Waals surface area contributed by atoms with E-state index in [0.29, 0.717) is 11.1 Å². The lowest BCUT2D eigenvalue weighted by molar-refractivity contribution is -0.147. The third kappa shape index (κ3) is 13.7. The average molecular weight is 259 g/mol. The van der Waals surface area contributed by atoms with Gasteiger partial charge in [-0.2, -0.15) is 0 Å². The molecule has 7 nitrogen and oxygen atoms in total. The van der Waals surface area contributed by atoms with Crippen molar-refractivity contribution in [2.75, 3.05) is 13.2 Å². The minimum Gasteiger partial charge on any atom is -0.465 e. The summed E-state index contributed by atoms with van der Waals surface area (Å²) in [6, 6.07) is 0. The lowest BCUT2D eigenvalue weighted by Gasteiger charge is -2.05. The largest absolute Gasteiger partial charge is 0.465 e. The fraction of sp³-hybridized carbons (Fsp3) is 0.364. The third-order valence-corrected chi connectivity index (χ3v) is 1.25. The number of carbonyl (C=O) groups excluding carboxylic acids is 2. The number of rotatable bonds is 5. The van der Waals surface area contributed by atoms with Gasteiger partial charge in [-0.05, 0) is 13.8 Å². The molecule has 0 rings (SSSR count). The number of amides is 1. The molecule has 0 bridgehead atoms. The number of hydrogen-bond donors (Lipinski definition) is 2. The molecule has 102 valence electrons. The number of carboxylic acid groups (broad SMARTS) is 1. The number of primary amides is 1. The van der Waals surface area contributed by atoms with Crippen molar-refractivity contribution in [3.8, 4) is 0 Å². The van der Waals surface area contributed by atoms with Crippen molar-refractivity contribution in [2.45, 2.75) is 13.8 Å². The standard InChI is InChI=1S/C10H14O4.CH3NO2/c1-7(2)9(11)13-5-6-14-10(12)8(3)4;2-1(3)4/h1,3,5-6H2,2,4H3;2H2,(H,3,4). The van der Waals surface area contributed by atoms with Crippen LogP contribution in [0, 0.1) is 0 Å². The fourth-order valence-electron chi connectivity index (χ4n) is 0.515. The number of ether oxygens (including phenoxy) is 2. The molecule has 0 aromatic carbocycles. The lowest BCUT2D eigenvalue weighted by Crippen LogP contribution is -2.14. The van der Waals surface area contributed by atoms with E-state index in [4.69, 9.17) is 9.90 Å². The van der Waals surface area contributed by atoms with Gasteiger partial charge in [0, 0.05) is 11.1 Å². The predicted octanol–water partition coefficient (Wildman–Crippen LogP) is 0.848. The monoisotopic (exact) mass is 259 g/mol. The molecule has 0 aliphatic heterocycles. The molecule has 18 heavy (non-hydrogen) atoms. The van der Waals surface area contributed by atoms with E-state index in [-0.39, 0.29) is 13.2 Å². The quantitative estimate of drug-likeness (QED) is 0.429. The van der Waals surface area contributed by atoms with Crippen molar-refractivity contribution in [1.29, 1.82) is 0 Å². The molecule has 0 fully saturated rings. The van der Waals surface area contributed by atoms with E-state index < -0.39 is 18.0 Å². The molecule has 0 radical (unpaired) electrons. The maximum Gasteiger partial charge on any atom is 0.402 e. The first-order valence-corrected chi connectivity index (χ1v) is 4.82. The maximum absolute atomic E-state index is 10.8. The van der Waals surface area contributed by atoms with Gasteiger partial charge in [0.25, 0.3) is 0 Å². The molecule has 0 atom stereocenters. The summed E-state index contributed by atoms with van der Waals surface area (Å²) in [6.45, 7) is 9.95. The van der Waals surface area contributed by atoms with E-state index in [9.17, 15) is 9.59 Å². The molecular weight excluding hydrogens is 242 g/mol. The molecule has 0 aromatic heterocycles. The van der Waals surface area contributed by atoms with Gasteiger partial charge in [-0.15, -0.1) is 0 Å². The van der Waals surface area contributed by atoms with Crippen molar-refractivity contribution in [2.24, 2.45) is 5.73 Å². The summed E-state index contributed by atoms with van der Waals surface area (Å²) in [5, 5.41) is 7.19. The first-order valence-electron chi connectivity index (χ1n) is 4.82. The van der Waals surface area contributed by atoms with Crippen LogP contribution in [0.4, 0.5) is 4.79 Å². The van der Waals surface area contributed by atoms with Gasteiger partial charge in [0.2, 0.25) is 0 Å². The van der Waals surface area contributed by atoms with E-state index >= 15 is 0 Å². The minimum absolute atomic E-state index is 0.0325. The van der Waals surface area contributed by atoms with Crippen LogP contribution in [-0.4, -0.2) is 36.4 Å². The first kappa shape index (κ1) is 18.1. The van der Waals surface area contributed by atoms with Gasteiger partial charge >= 0.3 is 18.0 Å². The summed E-state index contributed by atoms with van der Waals surface area (Å²) in [5.41, 5.74) is 4.66. The fourth-order valence-corrected chi connectivity index (χ4v) is 0.515. The molecule has 7 heteroatoms. The zero-order valence-electron chi connectivity index (χ0n) is 10.4. The van der Waals surface area contributed by atoms with Crippen molar-refractivity contribution >= 4 is 18.0 Å². The summed E-state index contributed by atoms with van der Waals surface area (Å²) in [6.07, 6.45) is -1.33. The SMILES string of the molecule is C=C(C)C(=O)OCCOC(=O)C(=C)C.NC(=O)O. The van der Waals surface area contributed by atoms with Crippen LogP contribution in [0.1, 0.15) is 13.8 Å². The Balaban J connectivity index is 0. The molecule has 0 aliphatic carbocycles. The van der Waals surface area contributed by atoms with Crippen LogP contribution in [0.3, 0.4) is 0 Å². The third-order valence-electron chi connectivity index (χ3n) is 1.25. The van der Waals surface area contributed by atoms with Gasteiger partial charge in [-0.1, -0.05) is 13.2 Å². The molecule has 1 amide bonds. The first-order chi connectivity index (χ1) is 8.18. The second-order valence-corrected chi connectivity index (χ2v) is 3.17. The molecule has 0 unspecified atom stereocenters. The highest BCUT2D eigenvalue weighted by molar-refractivity contribution is 5.87. The smallest absolute Gasteiger partial charge is 0.402 e. The van der Waals surface area contributed by atoms with Gasteiger partial charge in [-0.3, -0.25) is 0 Å². The Labute approximate surface area is 105 Å². The van der Waals surface area contributed by atoms with Crippen LogP contribution >= 0.6 is 0 Å². The van der Waals surface area contributed by atoms with Crippen LogP contribution in [0.15, 0.2) is 24.3 Å². The number of hydrogen-bond acceptors (Lipinski definition) is 5. The zero-order chi connectivity index (χ0) is 14.7. The van der Waals surface area contributed by atoms with Crippen LogP contribution in [0.25, 0.3) is 0 Å². The van der Waals surface area contributed by atoms with E-state index in [0.717, 1.165) is 0 Å². The van der Waals surface area contributed by atoms with Crippen molar-refractivity contribution in [1.82, 2.24) is 0 Å². The van der Waals surface area contributed by atoms with E-state index in [1.54, 1.807) is 13.8 Å². The van der Waals surface area contributed by atoms with Crippen molar-refractivity contribution in [3.63, 3.8) is 0 Å². The Hall–Kier alpha value is -2.31. The van der Waals surface area contributed by atoms with Crippen LogP contribution < -0.4 is 5.73 Å². The Morgan fingerprint density at radius 2 is 1.22 bits per heavy atom. The van der Waals surface area contributed by atoms with Crippen molar-refractivity contribution < 1.29 is 29.0 Å². The van der Waals surface area contributed by atoms with Gasteiger partial charge in [0.05, 0.1) is 0 Å². The highest BCUT2D eigenvalue weighted by Crippen LogP contribution is 1.94. The van der Waals surface area contributed by atoms with E-state index in [2.05, 4.69) is 28.4 Å². The Morgan fingerprint density at radius 1 is 1.00 bits per heavy atom. The van der Waals surface area contributed by atoms with Crippen molar-refractivity contribution in [3.05, 3.63) is 24.3 Å². The summed E-state index contributed by atoms with van der Waals surface area (Å²) < 4.78 is 9.38. The molecule has 0 aromatic rings. The summed E-state index contributed by atoms with van der Waals surface area (Å²) in [4.78, 5) is 30.5. The number of carbonyl (C=O) groups is 3. The average Bonchev–Trinajstić information content (AvgIpc) is 2.22. The molecule has 0 saturated carbocycles. The second kappa shape index (κ2) is 9.88. The lowest BCUT2D eigenvalue weighted by atomic mass is 10.4. The highest BCUT2D eigenvalue weighted by Gasteiger charge is 2.05. The van der Waals surface area contributed by atoms with E-state index in [1.807, 2.05) is 0 Å². The maximum atomic E-state index is 10.8. The summed E-state index contributed by atoms with van der Waals surface area (Å²) in [7, 11) is 0. The Kier molecular flexibility index (Phi) is 9.92. The molecule has 0 saturated heterocycles. The summed E-state index contributed by atoms with van der Waals surface area (Å²) >= 11 is 0. The Bertz CT molecular complexity index is 315. The molecular formula is C11H17NO6. The highest BCUT2D eigenvalue weighted by atomic mass is 16.6. The molecule has 3 N–H and O–H groups in total. The number of esters is 2. The van der Waals surface area contributed by atoms with Gasteiger partial charge < -0.3 is 20.3 Å². The van der Waals surface area contributed by atoms with E-state index in [1.165, 1.54) is 0 Å². The molecule has 0 aliphatic rings. The van der Waals surface area contributed by atoms with Gasteiger partial charge in [0.1, 0.15) is 13.2 Å². The Morgan fingerprint density at radius 3 is 1.39 bits per heavy atom. The predicted molar refractivity (Wildman–Crippen MR) is 63.8 cm³/mol. The number of nitrogens with two attached hydrogens (primary N) is 1. The zero-order valence-corrected chi connectivity index (χ0v) is 10.4. The summed E-state index contributed by atoms with van der Waals surface area (Å²) in [5.74, 6) is -0.979. The van der Waals surface area contributed by atoms with Gasteiger partial charge in [0.15, 0.2) is 0 Å². The van der Waals surface area contributed by atoms with Crippen LogP contribution in [0.2, 0.25) is 0 Å². The normalized spacial score (nSPS) is 8.33. The van der Waals surface area contributed by atoms with Crippen LogP contribution in [-0.2, 0) is 19.1 Å². The molecule has 0 heterocycles. The minimum atomic E-state index is -1.33. The van der Waals surface area contributed by atoms with Gasteiger partial charge in [-0.25, -0.2) is 14.4 Å². The topological polar surface area (TPSA) is 116 Å².